The zero-order valence-electron chi connectivity index (χ0n) is 13.7. The first-order valence-electron chi connectivity index (χ1n) is 7.79. The molecule has 0 aliphatic carbocycles. The Labute approximate surface area is 154 Å². The molecule has 0 saturated carbocycles. The van der Waals surface area contributed by atoms with Gasteiger partial charge in [0.05, 0.1) is 7.11 Å². The Morgan fingerprint density at radius 2 is 2.12 bits per heavy atom. The van der Waals surface area contributed by atoms with Crippen LogP contribution in [0, 0.1) is 0 Å². The van der Waals surface area contributed by atoms with Crippen LogP contribution in [-0.2, 0) is 9.53 Å². The molecule has 4 nitrogen and oxygen atoms in total. The van der Waals surface area contributed by atoms with Crippen molar-refractivity contribution in [3.8, 4) is 10.4 Å². The zero-order chi connectivity index (χ0) is 17.5. The van der Waals surface area contributed by atoms with Crippen molar-refractivity contribution >= 4 is 39.1 Å². The molecule has 0 aliphatic heterocycles. The number of ether oxygens (including phenoxy) is 1. The van der Waals surface area contributed by atoms with Gasteiger partial charge in [-0.1, -0.05) is 41.8 Å². The maximum absolute atomic E-state index is 12.7. The Morgan fingerprint density at radius 3 is 2.75 bits per heavy atom. The van der Waals surface area contributed by atoms with Crippen LogP contribution in [0.2, 0.25) is 0 Å². The molecule has 128 valence electrons. The van der Waals surface area contributed by atoms with E-state index < -0.39 is 12.0 Å². The second kappa shape index (κ2) is 8.99. The minimum absolute atomic E-state index is 0.266. The molecule has 1 unspecified atom stereocenters. The molecule has 6 heteroatoms. The highest BCUT2D eigenvalue weighted by molar-refractivity contribution is 9.10. The van der Waals surface area contributed by atoms with Crippen molar-refractivity contribution in [1.82, 2.24) is 5.32 Å². The first-order chi connectivity index (χ1) is 11.6. The van der Waals surface area contributed by atoms with Crippen LogP contribution in [0.25, 0.3) is 10.4 Å². The highest BCUT2D eigenvalue weighted by atomic mass is 79.9. The summed E-state index contributed by atoms with van der Waals surface area (Å²) in [6.45, 7) is 2.04. The summed E-state index contributed by atoms with van der Waals surface area (Å²) in [5.41, 5.74) is 1.39. The topological polar surface area (TPSA) is 55.4 Å². The lowest BCUT2D eigenvalue weighted by Gasteiger charge is -2.17. The largest absolute Gasteiger partial charge is 0.467 e. The number of nitrogens with one attached hydrogen (secondary N) is 1. The summed E-state index contributed by atoms with van der Waals surface area (Å²) in [7, 11) is 1.34. The van der Waals surface area contributed by atoms with Crippen LogP contribution < -0.4 is 5.32 Å². The van der Waals surface area contributed by atoms with Gasteiger partial charge in [0, 0.05) is 20.5 Å². The number of benzene rings is 1. The number of esters is 1. The number of carbonyl (C=O) groups is 2. The van der Waals surface area contributed by atoms with Gasteiger partial charge in [-0.25, -0.2) is 4.79 Å². The molecule has 1 aromatic heterocycles. The molecule has 1 heterocycles. The molecule has 0 aliphatic rings. The van der Waals surface area contributed by atoms with E-state index in [0.717, 1.165) is 27.8 Å². The molecule has 0 radical (unpaired) electrons. The van der Waals surface area contributed by atoms with Gasteiger partial charge in [-0.05, 0) is 36.1 Å². The van der Waals surface area contributed by atoms with Gasteiger partial charge in [0.25, 0.3) is 5.91 Å². The smallest absolute Gasteiger partial charge is 0.328 e. The quantitative estimate of drug-likeness (QED) is 0.677. The number of hydrogen-bond donors (Lipinski definition) is 1. The maximum atomic E-state index is 12.7. The number of halogens is 1. The van der Waals surface area contributed by atoms with Gasteiger partial charge in [0.15, 0.2) is 0 Å². The molecule has 1 aromatic carbocycles. The Morgan fingerprint density at radius 1 is 1.33 bits per heavy atom. The number of carbonyl (C=O) groups excluding carboxylic acids is 2. The predicted octanol–water partition coefficient (Wildman–Crippen LogP) is 4.64. The third-order valence-corrected chi connectivity index (χ3v) is 5.05. The summed E-state index contributed by atoms with van der Waals surface area (Å²) in [4.78, 5) is 25.7. The van der Waals surface area contributed by atoms with E-state index in [-0.39, 0.29) is 5.91 Å². The molecule has 1 amide bonds. The van der Waals surface area contributed by atoms with Crippen molar-refractivity contribution in [2.24, 2.45) is 0 Å². The van der Waals surface area contributed by atoms with Gasteiger partial charge in [-0.15, -0.1) is 11.3 Å². The Balaban J connectivity index is 2.27. The van der Waals surface area contributed by atoms with Crippen LogP contribution in [0.1, 0.15) is 36.5 Å². The number of amides is 1. The van der Waals surface area contributed by atoms with Crippen LogP contribution in [0.15, 0.2) is 40.2 Å². The minimum Gasteiger partial charge on any atom is -0.467 e. The van der Waals surface area contributed by atoms with Crippen molar-refractivity contribution in [1.29, 1.82) is 0 Å². The lowest BCUT2D eigenvalue weighted by molar-refractivity contribution is -0.143. The van der Waals surface area contributed by atoms with E-state index in [4.69, 9.17) is 4.74 Å². The summed E-state index contributed by atoms with van der Waals surface area (Å²) < 4.78 is 5.71. The van der Waals surface area contributed by atoms with Gasteiger partial charge in [-0.2, -0.15) is 0 Å². The highest BCUT2D eigenvalue weighted by Crippen LogP contribution is 2.30. The minimum atomic E-state index is -0.623. The summed E-state index contributed by atoms with van der Waals surface area (Å²) >= 11 is 5.02. The van der Waals surface area contributed by atoms with Gasteiger partial charge in [-0.3, -0.25) is 4.79 Å². The molecule has 0 bridgehead atoms. The van der Waals surface area contributed by atoms with E-state index in [1.165, 1.54) is 7.11 Å². The Bertz CT molecular complexity index is 700. The Kier molecular flexibility index (Phi) is 6.99. The maximum Gasteiger partial charge on any atom is 0.328 e. The van der Waals surface area contributed by atoms with Crippen molar-refractivity contribution in [3.05, 3.63) is 45.7 Å². The third kappa shape index (κ3) is 4.68. The van der Waals surface area contributed by atoms with Crippen LogP contribution in [0.4, 0.5) is 0 Å². The van der Waals surface area contributed by atoms with Crippen molar-refractivity contribution in [2.45, 2.75) is 32.2 Å². The molecular weight excluding hydrogens is 390 g/mol. The summed E-state index contributed by atoms with van der Waals surface area (Å²) in [5.74, 6) is -0.677. The van der Waals surface area contributed by atoms with Crippen LogP contribution in [0.5, 0.6) is 0 Å². The monoisotopic (exact) mass is 409 g/mol. The second-order valence-electron chi connectivity index (χ2n) is 5.36. The number of hydrogen-bond acceptors (Lipinski definition) is 4. The standard InChI is InChI=1S/C18H20BrNO3S/c1-3-4-6-15(18(22)23-2)20-17(21)13-9-8-12(19)11-14(13)16-7-5-10-24-16/h5,7-11,15H,3-4,6H2,1-2H3,(H,20,21). The normalized spacial score (nSPS) is 11.8. The van der Waals surface area contributed by atoms with Crippen molar-refractivity contribution in [2.75, 3.05) is 7.11 Å². The molecule has 1 N–H and O–H groups in total. The lowest BCUT2D eigenvalue weighted by atomic mass is 10.0. The van der Waals surface area contributed by atoms with E-state index in [1.807, 2.05) is 36.6 Å². The first kappa shape index (κ1) is 18.7. The fourth-order valence-corrected chi connectivity index (χ4v) is 3.50. The van der Waals surface area contributed by atoms with E-state index in [1.54, 1.807) is 17.4 Å². The van der Waals surface area contributed by atoms with E-state index in [2.05, 4.69) is 21.2 Å². The fourth-order valence-electron chi connectivity index (χ4n) is 2.39. The third-order valence-electron chi connectivity index (χ3n) is 3.65. The zero-order valence-corrected chi connectivity index (χ0v) is 16.1. The van der Waals surface area contributed by atoms with E-state index >= 15 is 0 Å². The molecular formula is C18H20BrNO3S. The average molecular weight is 410 g/mol. The molecule has 0 fully saturated rings. The lowest BCUT2D eigenvalue weighted by Crippen LogP contribution is -2.41. The number of rotatable bonds is 7. The molecule has 1 atom stereocenters. The highest BCUT2D eigenvalue weighted by Gasteiger charge is 2.23. The summed E-state index contributed by atoms with van der Waals surface area (Å²) in [5, 5.41) is 4.79. The van der Waals surface area contributed by atoms with E-state index in [0.29, 0.717) is 12.0 Å². The van der Waals surface area contributed by atoms with Crippen molar-refractivity contribution < 1.29 is 14.3 Å². The van der Waals surface area contributed by atoms with Crippen molar-refractivity contribution in [3.63, 3.8) is 0 Å². The number of unbranched alkanes of at least 4 members (excludes halogenated alkanes) is 1. The second-order valence-corrected chi connectivity index (χ2v) is 7.22. The summed E-state index contributed by atoms with van der Waals surface area (Å²) in [6, 6.07) is 8.80. The van der Waals surface area contributed by atoms with Crippen LogP contribution in [0.3, 0.4) is 0 Å². The Hall–Kier alpha value is -1.66. The predicted molar refractivity (Wildman–Crippen MR) is 100 cm³/mol. The molecule has 0 saturated heterocycles. The summed E-state index contributed by atoms with van der Waals surface area (Å²) in [6.07, 6.45) is 2.36. The molecule has 0 spiro atoms. The molecule has 24 heavy (non-hydrogen) atoms. The van der Waals surface area contributed by atoms with Crippen LogP contribution in [-0.4, -0.2) is 25.0 Å². The SMILES string of the molecule is CCCCC(NC(=O)c1ccc(Br)cc1-c1cccs1)C(=O)OC. The average Bonchev–Trinajstić information content (AvgIpc) is 3.12. The van der Waals surface area contributed by atoms with Gasteiger partial charge >= 0.3 is 5.97 Å². The number of methoxy groups -OCH3 is 1. The van der Waals surface area contributed by atoms with Crippen LogP contribution >= 0.6 is 27.3 Å². The first-order valence-corrected chi connectivity index (χ1v) is 9.46. The van der Waals surface area contributed by atoms with Gasteiger partial charge in [0.1, 0.15) is 6.04 Å². The fraction of sp³-hybridized carbons (Fsp3) is 0.333. The molecule has 2 aromatic rings. The van der Waals surface area contributed by atoms with Gasteiger partial charge in [0.2, 0.25) is 0 Å². The van der Waals surface area contributed by atoms with Gasteiger partial charge < -0.3 is 10.1 Å². The number of thiophene rings is 1. The molecule has 2 rings (SSSR count). The van der Waals surface area contributed by atoms with E-state index in [9.17, 15) is 9.59 Å².